The average molecular weight is 267 g/mol. The topological polar surface area (TPSA) is 87.2 Å². The molecule has 1 aromatic carbocycles. The van der Waals surface area contributed by atoms with Gasteiger partial charge in [-0.15, -0.1) is 0 Å². The van der Waals surface area contributed by atoms with Crippen molar-refractivity contribution in [2.75, 3.05) is 7.11 Å². The second-order valence-electron chi connectivity index (χ2n) is 3.78. The Bertz CT molecular complexity index is 632. The molecule has 0 aliphatic rings. The number of sulfonamides is 1. The average Bonchev–Trinajstić information content (AvgIpc) is 2.78. The van der Waals surface area contributed by atoms with Gasteiger partial charge in [0.2, 0.25) is 0 Å². The number of nitrogens with zero attached hydrogens (tertiary/aromatic N) is 2. The first-order valence-corrected chi connectivity index (χ1v) is 6.71. The van der Waals surface area contributed by atoms with Crippen molar-refractivity contribution in [3.05, 3.63) is 42.4 Å². The lowest BCUT2D eigenvalue weighted by Crippen LogP contribution is -2.12. The number of methoxy groups -OCH3 is 1. The Hall–Kier alpha value is -1.86. The highest BCUT2D eigenvalue weighted by atomic mass is 32.2. The van der Waals surface area contributed by atoms with E-state index in [2.05, 4.69) is 4.98 Å². The molecule has 0 aliphatic heterocycles. The molecule has 6 nitrogen and oxygen atoms in total. The minimum absolute atomic E-state index is 0.129. The summed E-state index contributed by atoms with van der Waals surface area (Å²) in [6.07, 6.45) is 2.84. The molecule has 96 valence electrons. The van der Waals surface area contributed by atoms with Gasteiger partial charge < -0.3 is 9.30 Å². The summed E-state index contributed by atoms with van der Waals surface area (Å²) in [5, 5.41) is 4.85. The van der Waals surface area contributed by atoms with Gasteiger partial charge in [-0.1, -0.05) is 12.1 Å². The number of benzene rings is 1. The summed E-state index contributed by atoms with van der Waals surface area (Å²) < 4.78 is 28.8. The number of hydrogen-bond acceptors (Lipinski definition) is 4. The quantitative estimate of drug-likeness (QED) is 0.878. The van der Waals surface area contributed by atoms with Crippen molar-refractivity contribution in [1.82, 2.24) is 9.55 Å². The van der Waals surface area contributed by atoms with E-state index in [4.69, 9.17) is 9.88 Å². The van der Waals surface area contributed by atoms with Crippen LogP contribution < -0.4 is 9.88 Å². The maximum atomic E-state index is 11.1. The summed E-state index contributed by atoms with van der Waals surface area (Å²) in [6.45, 7) is 0.520. The summed E-state index contributed by atoms with van der Waals surface area (Å²) in [4.78, 5) is 3.74. The third-order valence-electron chi connectivity index (χ3n) is 2.43. The number of nitrogens with two attached hydrogens (primary N) is 1. The molecular weight excluding hydrogens is 254 g/mol. The predicted octanol–water partition coefficient (Wildman–Crippen LogP) is 0.587. The summed E-state index contributed by atoms with van der Waals surface area (Å²) in [6, 6.07) is 7.48. The minimum atomic E-state index is -3.74. The molecule has 2 aromatic rings. The molecule has 0 saturated heterocycles. The van der Waals surface area contributed by atoms with Crippen LogP contribution >= 0.6 is 0 Å². The predicted molar refractivity (Wildman–Crippen MR) is 65.7 cm³/mol. The maximum absolute atomic E-state index is 11.1. The fraction of sp³-hybridized carbons (Fsp3) is 0.182. The second-order valence-corrected chi connectivity index (χ2v) is 5.29. The summed E-state index contributed by atoms with van der Waals surface area (Å²) in [5.41, 5.74) is 1.01. The largest absolute Gasteiger partial charge is 0.497 e. The van der Waals surface area contributed by atoms with Gasteiger partial charge in [0.1, 0.15) is 5.75 Å². The van der Waals surface area contributed by atoms with E-state index in [0.29, 0.717) is 6.54 Å². The molecule has 0 atom stereocenters. The first-order valence-electron chi connectivity index (χ1n) is 5.16. The van der Waals surface area contributed by atoms with Crippen LogP contribution in [-0.2, 0) is 16.6 Å². The lowest BCUT2D eigenvalue weighted by Gasteiger charge is -2.04. The highest BCUT2D eigenvalue weighted by molar-refractivity contribution is 7.89. The smallest absolute Gasteiger partial charge is 0.257 e. The normalized spacial score (nSPS) is 11.4. The third-order valence-corrected chi connectivity index (χ3v) is 3.22. The number of hydrogen-bond donors (Lipinski definition) is 1. The van der Waals surface area contributed by atoms with E-state index in [1.165, 1.54) is 12.5 Å². The van der Waals surface area contributed by atoms with Gasteiger partial charge in [0.25, 0.3) is 10.0 Å². The zero-order valence-electron chi connectivity index (χ0n) is 9.78. The molecule has 1 aromatic heterocycles. The fourth-order valence-corrected chi connectivity index (χ4v) is 1.99. The van der Waals surface area contributed by atoms with Crippen LogP contribution in [-0.4, -0.2) is 25.1 Å². The van der Waals surface area contributed by atoms with Gasteiger partial charge in [-0.05, 0) is 17.7 Å². The van der Waals surface area contributed by atoms with Gasteiger partial charge in [-0.25, -0.2) is 18.5 Å². The third kappa shape index (κ3) is 2.88. The van der Waals surface area contributed by atoms with Crippen LogP contribution in [0.5, 0.6) is 5.75 Å². The first-order chi connectivity index (χ1) is 8.49. The Kier molecular flexibility index (Phi) is 3.35. The first kappa shape index (κ1) is 12.6. The summed E-state index contributed by atoms with van der Waals surface area (Å²) in [5.74, 6) is 0.773. The molecule has 1 heterocycles. The molecule has 2 rings (SSSR count). The molecule has 0 fully saturated rings. The van der Waals surface area contributed by atoms with Crippen molar-refractivity contribution in [2.45, 2.75) is 11.6 Å². The van der Waals surface area contributed by atoms with E-state index in [1.54, 1.807) is 11.7 Å². The van der Waals surface area contributed by atoms with E-state index >= 15 is 0 Å². The van der Waals surface area contributed by atoms with Crippen LogP contribution in [0.2, 0.25) is 0 Å². The van der Waals surface area contributed by atoms with Crippen molar-refractivity contribution in [3.8, 4) is 5.75 Å². The van der Waals surface area contributed by atoms with Gasteiger partial charge in [-0.3, -0.25) is 0 Å². The summed E-state index contributed by atoms with van der Waals surface area (Å²) >= 11 is 0. The number of ether oxygens (including phenoxy) is 1. The summed E-state index contributed by atoms with van der Waals surface area (Å²) in [7, 11) is -2.14. The lowest BCUT2D eigenvalue weighted by molar-refractivity contribution is 0.414. The lowest BCUT2D eigenvalue weighted by atomic mass is 10.2. The molecule has 7 heteroatoms. The molecule has 0 aliphatic carbocycles. The van der Waals surface area contributed by atoms with Crippen LogP contribution in [0, 0.1) is 0 Å². The number of imidazole rings is 1. The van der Waals surface area contributed by atoms with E-state index in [1.807, 2.05) is 24.3 Å². The Labute approximate surface area is 105 Å². The molecule has 0 radical (unpaired) electrons. The second kappa shape index (κ2) is 4.79. The Morgan fingerprint density at radius 3 is 2.50 bits per heavy atom. The molecule has 0 amide bonds. The molecule has 0 spiro atoms. The van der Waals surface area contributed by atoms with E-state index < -0.39 is 10.0 Å². The van der Waals surface area contributed by atoms with Gasteiger partial charge in [0.05, 0.1) is 13.4 Å². The van der Waals surface area contributed by atoms with E-state index in [0.717, 1.165) is 11.3 Å². The molecule has 0 saturated carbocycles. The van der Waals surface area contributed by atoms with Crippen LogP contribution in [0.3, 0.4) is 0 Å². The zero-order chi connectivity index (χ0) is 13.2. The standard InChI is InChI=1S/C11H13N3O3S/c1-17-10-4-2-9(3-5-10)6-14-7-11(13-8-14)18(12,15)16/h2-5,7-8H,6H2,1H3,(H2,12,15,16). The minimum Gasteiger partial charge on any atom is -0.497 e. The Morgan fingerprint density at radius 2 is 2.00 bits per heavy atom. The molecule has 0 bridgehead atoms. The molecule has 18 heavy (non-hydrogen) atoms. The monoisotopic (exact) mass is 267 g/mol. The van der Waals surface area contributed by atoms with Gasteiger partial charge in [-0.2, -0.15) is 0 Å². The molecular formula is C11H13N3O3S. The van der Waals surface area contributed by atoms with E-state index in [9.17, 15) is 8.42 Å². The van der Waals surface area contributed by atoms with Crippen LogP contribution in [0.1, 0.15) is 5.56 Å². The highest BCUT2D eigenvalue weighted by Crippen LogP contribution is 2.13. The van der Waals surface area contributed by atoms with Crippen molar-refractivity contribution in [3.63, 3.8) is 0 Å². The van der Waals surface area contributed by atoms with Crippen molar-refractivity contribution in [2.24, 2.45) is 5.14 Å². The zero-order valence-corrected chi connectivity index (χ0v) is 10.6. The van der Waals surface area contributed by atoms with Crippen molar-refractivity contribution < 1.29 is 13.2 Å². The molecule has 0 unspecified atom stereocenters. The highest BCUT2D eigenvalue weighted by Gasteiger charge is 2.11. The maximum Gasteiger partial charge on any atom is 0.257 e. The Morgan fingerprint density at radius 1 is 1.33 bits per heavy atom. The fourth-order valence-electron chi connectivity index (χ4n) is 1.51. The van der Waals surface area contributed by atoms with Crippen molar-refractivity contribution in [1.29, 1.82) is 0 Å². The SMILES string of the molecule is COc1ccc(Cn2cnc(S(N)(=O)=O)c2)cc1. The van der Waals surface area contributed by atoms with Crippen LogP contribution in [0.25, 0.3) is 0 Å². The molecule has 2 N–H and O–H groups in total. The van der Waals surface area contributed by atoms with Gasteiger partial charge >= 0.3 is 0 Å². The van der Waals surface area contributed by atoms with Gasteiger partial charge in [0.15, 0.2) is 5.03 Å². The van der Waals surface area contributed by atoms with Crippen LogP contribution in [0.4, 0.5) is 0 Å². The van der Waals surface area contributed by atoms with E-state index in [-0.39, 0.29) is 5.03 Å². The number of primary sulfonamides is 1. The number of aromatic nitrogens is 2. The number of rotatable bonds is 4. The van der Waals surface area contributed by atoms with Crippen molar-refractivity contribution >= 4 is 10.0 Å². The van der Waals surface area contributed by atoms with Crippen LogP contribution in [0.15, 0.2) is 41.8 Å². The van der Waals surface area contributed by atoms with Gasteiger partial charge in [0, 0.05) is 12.7 Å². The Balaban J connectivity index is 2.16.